The predicted octanol–water partition coefficient (Wildman–Crippen LogP) is -4.88. The Hall–Kier alpha value is -4.50. The second-order valence-electron chi connectivity index (χ2n) is 11.4. The van der Waals surface area contributed by atoms with Gasteiger partial charge >= 0.3 is 11.9 Å². The third-order valence-electron chi connectivity index (χ3n) is 8.51. The van der Waals surface area contributed by atoms with Crippen molar-refractivity contribution in [1.29, 1.82) is 0 Å². The minimum absolute atomic E-state index is 0.0225. The van der Waals surface area contributed by atoms with Crippen LogP contribution in [0.1, 0.15) is 46.7 Å². The van der Waals surface area contributed by atoms with Crippen LogP contribution in [0.15, 0.2) is 36.5 Å². The molecule has 1 saturated heterocycles. The molecule has 4 aliphatic heterocycles. The van der Waals surface area contributed by atoms with Crippen molar-refractivity contribution in [3.05, 3.63) is 53.3 Å². The Balaban J connectivity index is 1.27. The zero-order valence-electron chi connectivity index (χ0n) is 22.6. The quantitative estimate of drug-likeness (QED) is 0.123. The first-order valence-electron chi connectivity index (χ1n) is 13.4. The van der Waals surface area contributed by atoms with Crippen LogP contribution in [0.5, 0.6) is 5.75 Å². The summed E-state index contributed by atoms with van der Waals surface area (Å²) < 4.78 is 7.42. The highest BCUT2D eigenvalue weighted by Gasteiger charge is 2.78. The summed E-state index contributed by atoms with van der Waals surface area (Å²) in [5.41, 5.74) is 12.0. The third-order valence-corrected chi connectivity index (χ3v) is 8.51. The van der Waals surface area contributed by atoms with Crippen molar-refractivity contribution >= 4 is 23.7 Å². The van der Waals surface area contributed by atoms with Crippen LogP contribution in [-0.4, -0.2) is 98.0 Å². The van der Waals surface area contributed by atoms with Crippen LogP contribution in [-0.2, 0) is 5.41 Å². The van der Waals surface area contributed by atoms with Crippen molar-refractivity contribution in [2.24, 2.45) is 11.5 Å². The summed E-state index contributed by atoms with van der Waals surface area (Å²) in [6.07, 6.45) is 2.26. The first-order chi connectivity index (χ1) is 19.5. The summed E-state index contributed by atoms with van der Waals surface area (Å²) in [5, 5.41) is 42.6. The number of fused-ring (bicyclic) bond motifs is 1. The SMILES string of the molecule is CC1(C)CCOc2c(C(=O)NC3C[N+]4=C(N)N[C@@H](CNC(=O)c5cccnn5)[C@@H]5[NH+]=C(N)N[C@@]54C3(O)O)cccc21. The van der Waals surface area contributed by atoms with E-state index in [1.54, 1.807) is 18.2 Å². The fourth-order valence-electron chi connectivity index (χ4n) is 6.31. The van der Waals surface area contributed by atoms with Gasteiger partial charge in [0.05, 0.1) is 25.3 Å². The van der Waals surface area contributed by atoms with Crippen LogP contribution in [0, 0.1) is 0 Å². The zero-order valence-corrected chi connectivity index (χ0v) is 22.6. The van der Waals surface area contributed by atoms with Crippen LogP contribution in [0.4, 0.5) is 0 Å². The van der Waals surface area contributed by atoms with Crippen LogP contribution in [0.25, 0.3) is 0 Å². The van der Waals surface area contributed by atoms with Crippen LogP contribution >= 0.6 is 0 Å². The number of nitrogens with one attached hydrogen (secondary N) is 5. The molecule has 15 nitrogen and oxygen atoms in total. The molecule has 1 fully saturated rings. The molecular weight excluding hydrogens is 532 g/mol. The number of guanidine groups is 2. The molecule has 216 valence electrons. The molecule has 4 aliphatic rings. The van der Waals surface area contributed by atoms with Gasteiger partial charge < -0.3 is 25.6 Å². The summed E-state index contributed by atoms with van der Waals surface area (Å²) in [5.74, 6) is -2.89. The highest BCUT2D eigenvalue weighted by molar-refractivity contribution is 5.98. The van der Waals surface area contributed by atoms with Crippen LogP contribution in [0.2, 0.25) is 0 Å². The molecular formula is C26H34N10O5+2. The fourth-order valence-corrected chi connectivity index (χ4v) is 6.31. The van der Waals surface area contributed by atoms with Crippen molar-refractivity contribution < 1.29 is 34.1 Å². The van der Waals surface area contributed by atoms with Crippen molar-refractivity contribution in [3.63, 3.8) is 0 Å². The second-order valence-corrected chi connectivity index (χ2v) is 11.4. The number of ether oxygens (including phenoxy) is 1. The van der Waals surface area contributed by atoms with Gasteiger partial charge in [0.1, 0.15) is 17.8 Å². The molecule has 2 amide bonds. The number of amides is 2. The molecule has 1 aromatic heterocycles. The number of aliphatic hydroxyl groups is 2. The lowest BCUT2D eigenvalue weighted by Gasteiger charge is -2.41. The van der Waals surface area contributed by atoms with Gasteiger partial charge in [-0.15, -0.1) is 5.10 Å². The zero-order chi connectivity index (χ0) is 29.2. The van der Waals surface area contributed by atoms with Gasteiger partial charge in [0, 0.05) is 11.8 Å². The molecule has 11 N–H and O–H groups in total. The molecule has 4 atom stereocenters. The maximum atomic E-state index is 13.6. The summed E-state index contributed by atoms with van der Waals surface area (Å²) in [6, 6.07) is 5.84. The van der Waals surface area contributed by atoms with Gasteiger partial charge in [-0.2, -0.15) is 5.10 Å². The van der Waals surface area contributed by atoms with Gasteiger partial charge in [-0.3, -0.25) is 31.4 Å². The van der Waals surface area contributed by atoms with E-state index >= 15 is 0 Å². The molecule has 0 aliphatic carbocycles. The molecule has 0 radical (unpaired) electrons. The maximum absolute atomic E-state index is 13.6. The van der Waals surface area contributed by atoms with E-state index in [0.29, 0.717) is 17.9 Å². The second kappa shape index (κ2) is 9.27. The standard InChI is InChI=1S/C26H32N10O5/c1-24(2)8-10-41-18-13(5-3-6-14(18)24)20(37)32-17-12-36-23(28)31-16(11-29-21(38)15-7-4-9-30-35-15)19-25(36,26(17,39)40)34-22(27)33-19/h3-7,9,16-17,19,39-40H,8,10-12H2,1-2H3,(H7,27,28,29,31,32,33,34,37,38)/p+2/t16-,17?,19-,25-/m0/s1. The molecule has 2 aromatic rings. The van der Waals surface area contributed by atoms with E-state index in [9.17, 15) is 19.8 Å². The number of rotatable bonds is 5. The van der Waals surface area contributed by atoms with E-state index < -0.39 is 41.4 Å². The predicted molar refractivity (Wildman–Crippen MR) is 143 cm³/mol. The Morgan fingerprint density at radius 3 is 2.78 bits per heavy atom. The molecule has 1 unspecified atom stereocenters. The van der Waals surface area contributed by atoms with E-state index in [4.69, 9.17) is 16.2 Å². The topological polar surface area (TPSA) is 227 Å². The number of aromatic nitrogens is 2. The summed E-state index contributed by atoms with van der Waals surface area (Å²) in [7, 11) is 0. The van der Waals surface area contributed by atoms with Crippen molar-refractivity contribution in [1.82, 2.24) is 31.5 Å². The summed E-state index contributed by atoms with van der Waals surface area (Å²) >= 11 is 0. The highest BCUT2D eigenvalue weighted by atomic mass is 16.5. The molecule has 0 saturated carbocycles. The first kappa shape index (κ1) is 26.7. The number of para-hydroxylation sites is 1. The molecule has 15 heteroatoms. The Morgan fingerprint density at radius 2 is 2.02 bits per heavy atom. The molecule has 5 heterocycles. The van der Waals surface area contributed by atoms with Gasteiger partial charge in [0.2, 0.25) is 0 Å². The Bertz CT molecular complexity index is 1480. The van der Waals surface area contributed by atoms with Crippen molar-refractivity contribution in [3.8, 4) is 5.75 Å². The molecule has 0 bridgehead atoms. The summed E-state index contributed by atoms with van der Waals surface area (Å²) in [6.45, 7) is 4.61. The summed E-state index contributed by atoms with van der Waals surface area (Å²) in [4.78, 5) is 29.2. The molecule has 1 aromatic carbocycles. The first-order valence-corrected chi connectivity index (χ1v) is 13.4. The lowest BCUT2D eigenvalue weighted by atomic mass is 9.79. The Labute approximate surface area is 235 Å². The lowest BCUT2D eigenvalue weighted by molar-refractivity contribution is -0.674. The van der Waals surface area contributed by atoms with Gasteiger partial charge in [0.15, 0.2) is 11.7 Å². The van der Waals surface area contributed by atoms with E-state index in [1.165, 1.54) is 16.8 Å². The number of hydrogen-bond donors (Lipinski definition) is 9. The number of benzene rings is 1. The highest BCUT2D eigenvalue weighted by Crippen LogP contribution is 2.41. The van der Waals surface area contributed by atoms with Crippen molar-refractivity contribution in [2.45, 2.75) is 55.3 Å². The van der Waals surface area contributed by atoms with Gasteiger partial charge in [-0.1, -0.05) is 26.0 Å². The normalized spacial score (nSPS) is 28.6. The van der Waals surface area contributed by atoms with Crippen LogP contribution < -0.4 is 42.5 Å². The Morgan fingerprint density at radius 1 is 1.22 bits per heavy atom. The largest absolute Gasteiger partial charge is 0.492 e. The number of nitrogens with zero attached hydrogens (tertiary/aromatic N) is 3. The number of carbonyl (C=O) groups is 2. The monoisotopic (exact) mass is 566 g/mol. The third kappa shape index (κ3) is 4.02. The van der Waals surface area contributed by atoms with Crippen molar-refractivity contribution in [2.75, 3.05) is 19.7 Å². The van der Waals surface area contributed by atoms with Gasteiger partial charge in [-0.05, 0) is 30.0 Å². The van der Waals surface area contributed by atoms with Gasteiger partial charge in [0.25, 0.3) is 23.3 Å². The fraction of sp³-hybridized carbons (Fsp3) is 0.462. The van der Waals surface area contributed by atoms with Crippen LogP contribution in [0.3, 0.4) is 0 Å². The smallest absolute Gasteiger partial charge is 0.347 e. The van der Waals surface area contributed by atoms with E-state index in [-0.39, 0.29) is 36.1 Å². The Kier molecular flexibility index (Phi) is 6.04. The maximum Gasteiger partial charge on any atom is 0.347 e. The lowest BCUT2D eigenvalue weighted by Crippen LogP contribution is -2.92. The molecule has 6 rings (SSSR count). The minimum atomic E-state index is -2.57. The average Bonchev–Trinajstić information content (AvgIpc) is 3.41. The minimum Gasteiger partial charge on any atom is -0.492 e. The van der Waals surface area contributed by atoms with E-state index in [2.05, 4.69) is 50.3 Å². The van der Waals surface area contributed by atoms with E-state index in [1.807, 2.05) is 6.07 Å². The number of carbonyl (C=O) groups excluding carboxylic acids is 2. The number of nitrogens with two attached hydrogens (primary N) is 2. The molecule has 41 heavy (non-hydrogen) atoms. The number of hydrogen-bond acceptors (Lipinski definition) is 11. The average molecular weight is 567 g/mol. The molecule has 1 spiro atoms. The van der Waals surface area contributed by atoms with E-state index in [0.717, 1.165) is 12.0 Å². The van der Waals surface area contributed by atoms with Gasteiger partial charge in [-0.25, -0.2) is 9.89 Å².